The highest BCUT2D eigenvalue weighted by atomic mass is 35.5. The summed E-state index contributed by atoms with van der Waals surface area (Å²) >= 11 is 11.4. The first-order chi connectivity index (χ1) is 5.77. The lowest BCUT2D eigenvalue weighted by Gasteiger charge is -1.92. The van der Waals surface area contributed by atoms with Crippen LogP contribution in [0, 0.1) is 0 Å². The van der Waals surface area contributed by atoms with Crippen LogP contribution in [0.25, 0.3) is 10.9 Å². The molecule has 1 nitrogen and oxygen atoms in total. The largest absolute Gasteiger partial charge is 0.356 e. The maximum Gasteiger partial charge on any atom is 0.147 e. The van der Waals surface area contributed by atoms with Gasteiger partial charge in [0.15, 0.2) is 0 Å². The van der Waals surface area contributed by atoms with Crippen molar-refractivity contribution < 1.29 is 0 Å². The van der Waals surface area contributed by atoms with Crippen molar-refractivity contribution in [3.05, 3.63) is 36.0 Å². The zero-order chi connectivity index (χ0) is 8.55. The summed E-state index contributed by atoms with van der Waals surface area (Å²) in [5.41, 5.74) is 1.92. The van der Waals surface area contributed by atoms with Gasteiger partial charge in [-0.3, -0.25) is 0 Å². The lowest BCUT2D eigenvalue weighted by Crippen LogP contribution is -1.77. The fourth-order valence-electron chi connectivity index (χ4n) is 1.21. The smallest absolute Gasteiger partial charge is 0.147 e. The Balaban J connectivity index is 2.62. The first-order valence-electron chi connectivity index (χ1n) is 3.63. The molecular weight excluding hydrogens is 193 g/mol. The predicted octanol–water partition coefficient (Wildman–Crippen LogP) is 3.64. The maximum atomic E-state index is 5.71. The van der Waals surface area contributed by atoms with E-state index in [4.69, 9.17) is 23.2 Å². The monoisotopic (exact) mass is 199 g/mol. The number of fused-ring (bicyclic) bond motifs is 1. The minimum Gasteiger partial charge on any atom is -0.356 e. The summed E-state index contributed by atoms with van der Waals surface area (Å²) in [7, 11) is 0. The average Bonchev–Trinajstić information content (AvgIpc) is 2.46. The first kappa shape index (κ1) is 7.96. The molecule has 0 fully saturated rings. The van der Waals surface area contributed by atoms with E-state index in [0.29, 0.717) is 0 Å². The van der Waals surface area contributed by atoms with Gasteiger partial charge in [-0.15, -0.1) is 0 Å². The van der Waals surface area contributed by atoms with Crippen molar-refractivity contribution in [1.29, 1.82) is 0 Å². The summed E-state index contributed by atoms with van der Waals surface area (Å²) in [6.45, 7) is 0. The van der Waals surface area contributed by atoms with Crippen molar-refractivity contribution in [1.82, 2.24) is 4.98 Å². The Kier molecular flexibility index (Phi) is 1.99. The topological polar surface area (TPSA) is 15.8 Å². The number of benzene rings is 1. The number of hydrogen-bond acceptors (Lipinski definition) is 0. The van der Waals surface area contributed by atoms with E-state index in [1.165, 1.54) is 0 Å². The van der Waals surface area contributed by atoms with E-state index < -0.39 is 4.84 Å². The summed E-state index contributed by atoms with van der Waals surface area (Å²) in [5.74, 6) is 0. The normalized spacial score (nSPS) is 11.2. The molecule has 1 aromatic heterocycles. The Morgan fingerprint density at radius 2 is 1.92 bits per heavy atom. The third-order valence-corrected chi connectivity index (χ3v) is 2.26. The molecule has 0 saturated heterocycles. The number of halogens is 2. The Bertz CT molecular complexity index is 359. The van der Waals surface area contributed by atoms with Crippen molar-refractivity contribution >= 4 is 34.1 Å². The molecule has 12 heavy (non-hydrogen) atoms. The number of para-hydroxylation sites is 1. The van der Waals surface area contributed by atoms with Crippen LogP contribution in [0.3, 0.4) is 0 Å². The van der Waals surface area contributed by atoms with Gasteiger partial charge < -0.3 is 4.98 Å². The van der Waals surface area contributed by atoms with Gasteiger partial charge >= 0.3 is 0 Å². The van der Waals surface area contributed by atoms with Crippen LogP contribution in [0.15, 0.2) is 30.3 Å². The summed E-state index contributed by atoms with van der Waals surface area (Å²) < 4.78 is 0. The van der Waals surface area contributed by atoms with Crippen LogP contribution in [0.5, 0.6) is 0 Å². The average molecular weight is 200 g/mol. The van der Waals surface area contributed by atoms with E-state index in [1.54, 1.807) is 0 Å². The number of rotatable bonds is 1. The molecule has 2 rings (SSSR count). The van der Waals surface area contributed by atoms with Crippen LogP contribution in [-0.2, 0) is 0 Å². The summed E-state index contributed by atoms with van der Waals surface area (Å²) in [5, 5.41) is 1.14. The maximum absolute atomic E-state index is 5.71. The SMILES string of the molecule is ClC(Cl)c1cc2ccccc2[nH]1. The molecule has 1 N–H and O–H groups in total. The van der Waals surface area contributed by atoms with Gasteiger partial charge in [-0.1, -0.05) is 41.4 Å². The van der Waals surface area contributed by atoms with Crippen LogP contribution in [0.4, 0.5) is 0 Å². The molecule has 1 heterocycles. The summed E-state index contributed by atoms with van der Waals surface area (Å²) in [6, 6.07) is 9.93. The third-order valence-electron chi connectivity index (χ3n) is 1.79. The number of hydrogen-bond donors (Lipinski definition) is 1. The standard InChI is InChI=1S/C9H7Cl2N/c10-9(11)8-5-6-3-1-2-4-7(6)12-8/h1-5,9,12H. The lowest BCUT2D eigenvalue weighted by atomic mass is 10.2. The lowest BCUT2D eigenvalue weighted by molar-refractivity contribution is 1.22. The van der Waals surface area contributed by atoms with Gasteiger partial charge in [0, 0.05) is 11.2 Å². The van der Waals surface area contributed by atoms with E-state index in [9.17, 15) is 0 Å². The Morgan fingerprint density at radius 3 is 2.58 bits per heavy atom. The molecule has 0 aliphatic rings. The van der Waals surface area contributed by atoms with Gasteiger partial charge in [-0.2, -0.15) is 0 Å². The van der Waals surface area contributed by atoms with Crippen LogP contribution in [0.1, 0.15) is 10.5 Å². The van der Waals surface area contributed by atoms with Crippen molar-refractivity contribution in [2.24, 2.45) is 0 Å². The highest BCUT2D eigenvalue weighted by Gasteiger charge is 2.05. The molecular formula is C9H7Cl2N. The van der Waals surface area contributed by atoms with Crippen molar-refractivity contribution in [2.75, 3.05) is 0 Å². The highest BCUT2D eigenvalue weighted by Crippen LogP contribution is 2.26. The van der Waals surface area contributed by atoms with Crippen molar-refractivity contribution in [2.45, 2.75) is 4.84 Å². The third kappa shape index (κ3) is 1.30. The predicted molar refractivity (Wildman–Crippen MR) is 52.7 cm³/mol. The van der Waals surface area contributed by atoms with Gasteiger partial charge in [-0.25, -0.2) is 0 Å². The van der Waals surface area contributed by atoms with Gasteiger partial charge in [0.25, 0.3) is 0 Å². The van der Waals surface area contributed by atoms with Gasteiger partial charge in [0.05, 0.1) is 0 Å². The van der Waals surface area contributed by atoms with Gasteiger partial charge in [-0.05, 0) is 17.5 Å². The number of nitrogens with one attached hydrogen (secondary N) is 1. The molecule has 0 saturated carbocycles. The van der Waals surface area contributed by atoms with E-state index in [0.717, 1.165) is 16.6 Å². The molecule has 0 atom stereocenters. The summed E-state index contributed by atoms with van der Waals surface area (Å²) in [4.78, 5) is 2.66. The van der Waals surface area contributed by atoms with E-state index in [-0.39, 0.29) is 0 Å². The van der Waals surface area contributed by atoms with E-state index in [2.05, 4.69) is 4.98 Å². The van der Waals surface area contributed by atoms with Crippen molar-refractivity contribution in [3.63, 3.8) is 0 Å². The molecule has 0 aliphatic heterocycles. The fraction of sp³-hybridized carbons (Fsp3) is 0.111. The second-order valence-corrected chi connectivity index (χ2v) is 3.71. The zero-order valence-corrected chi connectivity index (χ0v) is 7.73. The molecule has 3 heteroatoms. The Hall–Kier alpha value is -0.660. The number of H-pyrrole nitrogens is 1. The minimum atomic E-state index is -0.475. The molecule has 0 radical (unpaired) electrons. The quantitative estimate of drug-likeness (QED) is 0.676. The molecule has 0 spiro atoms. The number of aromatic nitrogens is 1. The van der Waals surface area contributed by atoms with Crippen LogP contribution < -0.4 is 0 Å². The first-order valence-corrected chi connectivity index (χ1v) is 4.50. The molecule has 62 valence electrons. The molecule has 2 aromatic rings. The van der Waals surface area contributed by atoms with E-state index in [1.807, 2.05) is 30.3 Å². The number of alkyl halides is 2. The van der Waals surface area contributed by atoms with Crippen molar-refractivity contribution in [3.8, 4) is 0 Å². The number of aromatic amines is 1. The van der Waals surface area contributed by atoms with Gasteiger partial charge in [0.1, 0.15) is 4.84 Å². The molecule has 0 aliphatic carbocycles. The molecule has 0 unspecified atom stereocenters. The minimum absolute atomic E-state index is 0.475. The molecule has 1 aromatic carbocycles. The molecule has 0 amide bonds. The fourth-order valence-corrected chi connectivity index (χ4v) is 1.45. The molecule has 0 bridgehead atoms. The Morgan fingerprint density at radius 1 is 1.17 bits per heavy atom. The second-order valence-electron chi connectivity index (χ2n) is 2.61. The van der Waals surface area contributed by atoms with Gasteiger partial charge in [0.2, 0.25) is 0 Å². The van der Waals surface area contributed by atoms with Crippen LogP contribution in [-0.4, -0.2) is 4.98 Å². The zero-order valence-electron chi connectivity index (χ0n) is 6.22. The van der Waals surface area contributed by atoms with Crippen LogP contribution >= 0.6 is 23.2 Å². The summed E-state index contributed by atoms with van der Waals surface area (Å²) in [6.07, 6.45) is 0. The highest BCUT2D eigenvalue weighted by molar-refractivity contribution is 6.44. The van der Waals surface area contributed by atoms with E-state index >= 15 is 0 Å². The Labute approximate surface area is 80.3 Å². The second kappa shape index (κ2) is 3.00. The van der Waals surface area contributed by atoms with Crippen LogP contribution in [0.2, 0.25) is 0 Å².